The van der Waals surface area contributed by atoms with Gasteiger partial charge in [-0.1, -0.05) is 0 Å². The lowest BCUT2D eigenvalue weighted by atomic mass is 10.1. The zero-order chi connectivity index (χ0) is 13.4. The molecule has 18 heavy (non-hydrogen) atoms. The van der Waals surface area contributed by atoms with Gasteiger partial charge in [0.15, 0.2) is 0 Å². The highest BCUT2D eigenvalue weighted by Crippen LogP contribution is 2.15. The summed E-state index contributed by atoms with van der Waals surface area (Å²) in [4.78, 5) is 26.4. The molecular formula is C12H17N3O3. The first-order chi connectivity index (χ1) is 8.67. The van der Waals surface area contributed by atoms with Gasteiger partial charge in [0.05, 0.1) is 13.2 Å². The van der Waals surface area contributed by atoms with Gasteiger partial charge in [0.1, 0.15) is 0 Å². The zero-order valence-electron chi connectivity index (χ0n) is 10.3. The number of nitrogens with one attached hydrogen (secondary N) is 1. The van der Waals surface area contributed by atoms with E-state index in [0.29, 0.717) is 18.7 Å². The monoisotopic (exact) mass is 251 g/mol. The Bertz CT molecular complexity index is 421. The van der Waals surface area contributed by atoms with Crippen molar-refractivity contribution in [3.63, 3.8) is 0 Å². The van der Waals surface area contributed by atoms with Crippen molar-refractivity contribution in [1.82, 2.24) is 4.98 Å². The summed E-state index contributed by atoms with van der Waals surface area (Å²) in [5.41, 5.74) is 6.64. The second kappa shape index (κ2) is 7.39. The van der Waals surface area contributed by atoms with Gasteiger partial charge in [-0.25, -0.2) is 0 Å². The van der Waals surface area contributed by atoms with E-state index in [0.717, 1.165) is 5.56 Å². The molecule has 0 aromatic carbocycles. The fourth-order valence-electron chi connectivity index (χ4n) is 1.42. The van der Waals surface area contributed by atoms with Crippen LogP contribution < -0.4 is 11.1 Å². The molecule has 0 aliphatic rings. The standard InChI is InChI=1S/C12H17N3O3/c1-2-18-12(17)4-3-9-8-14-6-5-10(9)15-11(16)7-13/h5-6,8H,2-4,7,13H2,1H3,(H,14,15,16). The van der Waals surface area contributed by atoms with Crippen molar-refractivity contribution in [1.29, 1.82) is 0 Å². The number of rotatable bonds is 6. The van der Waals surface area contributed by atoms with Gasteiger partial charge in [-0.15, -0.1) is 0 Å². The van der Waals surface area contributed by atoms with Crippen molar-refractivity contribution < 1.29 is 14.3 Å². The normalized spacial score (nSPS) is 9.89. The van der Waals surface area contributed by atoms with Gasteiger partial charge in [-0.2, -0.15) is 0 Å². The van der Waals surface area contributed by atoms with Crippen LogP contribution in [0.3, 0.4) is 0 Å². The van der Waals surface area contributed by atoms with E-state index in [4.69, 9.17) is 10.5 Å². The van der Waals surface area contributed by atoms with Gasteiger partial charge >= 0.3 is 5.97 Å². The van der Waals surface area contributed by atoms with Gasteiger partial charge in [0.25, 0.3) is 0 Å². The van der Waals surface area contributed by atoms with Crippen molar-refractivity contribution >= 4 is 17.6 Å². The number of ether oxygens (including phenoxy) is 1. The summed E-state index contributed by atoms with van der Waals surface area (Å²) in [7, 11) is 0. The molecule has 0 radical (unpaired) electrons. The van der Waals surface area contributed by atoms with Crippen molar-refractivity contribution in [3.05, 3.63) is 24.0 Å². The van der Waals surface area contributed by atoms with Gasteiger partial charge in [-0.3, -0.25) is 14.6 Å². The van der Waals surface area contributed by atoms with Crippen molar-refractivity contribution in [2.24, 2.45) is 5.73 Å². The Morgan fingerprint density at radius 1 is 1.50 bits per heavy atom. The average Bonchev–Trinajstić information content (AvgIpc) is 2.38. The highest BCUT2D eigenvalue weighted by molar-refractivity contribution is 5.92. The third kappa shape index (κ3) is 4.50. The summed E-state index contributed by atoms with van der Waals surface area (Å²) in [5.74, 6) is -0.545. The molecule has 3 N–H and O–H groups in total. The lowest BCUT2D eigenvalue weighted by Crippen LogP contribution is -2.22. The van der Waals surface area contributed by atoms with E-state index in [1.807, 2.05) is 0 Å². The molecule has 0 bridgehead atoms. The van der Waals surface area contributed by atoms with Crippen LogP contribution in [0.1, 0.15) is 18.9 Å². The minimum atomic E-state index is -0.279. The Labute approximate surface area is 106 Å². The number of pyridine rings is 1. The molecule has 6 heteroatoms. The first-order valence-corrected chi connectivity index (χ1v) is 5.75. The quantitative estimate of drug-likeness (QED) is 0.717. The number of esters is 1. The Morgan fingerprint density at radius 2 is 2.28 bits per heavy atom. The van der Waals surface area contributed by atoms with Crippen LogP contribution in [0.4, 0.5) is 5.69 Å². The minimum absolute atomic E-state index is 0.0837. The van der Waals surface area contributed by atoms with Crippen LogP contribution in [0.25, 0.3) is 0 Å². The van der Waals surface area contributed by atoms with E-state index < -0.39 is 0 Å². The number of hydrogen-bond acceptors (Lipinski definition) is 5. The average molecular weight is 251 g/mol. The molecule has 0 saturated heterocycles. The number of aryl methyl sites for hydroxylation is 1. The van der Waals surface area contributed by atoms with Crippen LogP contribution >= 0.6 is 0 Å². The van der Waals surface area contributed by atoms with Crippen molar-refractivity contribution in [3.8, 4) is 0 Å². The summed E-state index contributed by atoms with van der Waals surface area (Å²) in [5, 5.41) is 2.66. The largest absolute Gasteiger partial charge is 0.466 e. The van der Waals surface area contributed by atoms with E-state index >= 15 is 0 Å². The highest BCUT2D eigenvalue weighted by Gasteiger charge is 2.08. The molecule has 0 atom stereocenters. The Hall–Kier alpha value is -1.95. The molecule has 1 rings (SSSR count). The highest BCUT2D eigenvalue weighted by atomic mass is 16.5. The summed E-state index contributed by atoms with van der Waals surface area (Å²) < 4.78 is 4.84. The van der Waals surface area contributed by atoms with Crippen LogP contribution in [0.15, 0.2) is 18.5 Å². The summed E-state index contributed by atoms with van der Waals surface area (Å²) >= 11 is 0. The predicted molar refractivity (Wildman–Crippen MR) is 66.9 cm³/mol. The van der Waals surface area contributed by atoms with Gasteiger partial charge in [0, 0.05) is 24.5 Å². The Morgan fingerprint density at radius 3 is 2.94 bits per heavy atom. The van der Waals surface area contributed by atoms with Crippen LogP contribution in [0, 0.1) is 0 Å². The lowest BCUT2D eigenvalue weighted by Gasteiger charge is -2.09. The van der Waals surface area contributed by atoms with Crippen LogP contribution in [0.2, 0.25) is 0 Å². The molecule has 0 aliphatic heterocycles. The van der Waals surface area contributed by atoms with Crippen molar-refractivity contribution in [2.75, 3.05) is 18.5 Å². The van der Waals surface area contributed by atoms with E-state index in [1.165, 1.54) is 0 Å². The molecule has 6 nitrogen and oxygen atoms in total. The Balaban J connectivity index is 2.64. The topological polar surface area (TPSA) is 94.3 Å². The van der Waals surface area contributed by atoms with E-state index in [9.17, 15) is 9.59 Å². The number of carbonyl (C=O) groups excluding carboxylic acids is 2. The number of anilines is 1. The fourth-order valence-corrected chi connectivity index (χ4v) is 1.42. The number of amides is 1. The number of aromatic nitrogens is 1. The molecule has 1 aromatic rings. The molecule has 0 spiro atoms. The number of nitrogens with zero attached hydrogens (tertiary/aromatic N) is 1. The van der Waals surface area contributed by atoms with Crippen LogP contribution in [-0.4, -0.2) is 30.0 Å². The second-order valence-corrected chi connectivity index (χ2v) is 3.59. The molecule has 0 aliphatic carbocycles. The molecule has 0 saturated carbocycles. The van der Waals surface area contributed by atoms with E-state index in [1.54, 1.807) is 25.4 Å². The minimum Gasteiger partial charge on any atom is -0.466 e. The van der Waals surface area contributed by atoms with E-state index in [2.05, 4.69) is 10.3 Å². The fraction of sp³-hybridized carbons (Fsp3) is 0.417. The smallest absolute Gasteiger partial charge is 0.306 e. The van der Waals surface area contributed by atoms with Crippen LogP contribution in [0.5, 0.6) is 0 Å². The van der Waals surface area contributed by atoms with E-state index in [-0.39, 0.29) is 24.8 Å². The SMILES string of the molecule is CCOC(=O)CCc1cnccc1NC(=O)CN. The summed E-state index contributed by atoms with van der Waals surface area (Å²) in [6.45, 7) is 2.04. The molecule has 0 fully saturated rings. The summed E-state index contributed by atoms with van der Waals surface area (Å²) in [6.07, 6.45) is 3.91. The lowest BCUT2D eigenvalue weighted by molar-refractivity contribution is -0.143. The number of hydrogen-bond donors (Lipinski definition) is 2. The maximum absolute atomic E-state index is 11.3. The number of nitrogens with two attached hydrogens (primary N) is 1. The third-order valence-electron chi connectivity index (χ3n) is 2.27. The van der Waals surface area contributed by atoms with Crippen molar-refractivity contribution in [2.45, 2.75) is 19.8 Å². The summed E-state index contributed by atoms with van der Waals surface area (Å²) in [6, 6.07) is 1.67. The maximum atomic E-state index is 11.3. The van der Waals surface area contributed by atoms with Gasteiger partial charge in [0.2, 0.25) is 5.91 Å². The molecule has 1 aromatic heterocycles. The first-order valence-electron chi connectivity index (χ1n) is 5.75. The zero-order valence-corrected chi connectivity index (χ0v) is 10.3. The third-order valence-corrected chi connectivity index (χ3v) is 2.27. The molecular weight excluding hydrogens is 234 g/mol. The Kier molecular flexibility index (Phi) is 5.79. The first kappa shape index (κ1) is 14.1. The second-order valence-electron chi connectivity index (χ2n) is 3.59. The molecule has 1 amide bonds. The van der Waals surface area contributed by atoms with Crippen LogP contribution in [-0.2, 0) is 20.7 Å². The van der Waals surface area contributed by atoms with Gasteiger partial charge < -0.3 is 15.8 Å². The molecule has 98 valence electrons. The number of carbonyl (C=O) groups is 2. The predicted octanol–water partition coefficient (Wildman–Crippen LogP) is 0.475. The maximum Gasteiger partial charge on any atom is 0.306 e. The van der Waals surface area contributed by atoms with Gasteiger partial charge in [-0.05, 0) is 25.0 Å². The molecule has 1 heterocycles. The molecule has 0 unspecified atom stereocenters.